The average molecular weight is 285 g/mol. The normalized spacial score (nSPS) is 16.8. The average Bonchev–Trinajstić information content (AvgIpc) is 2.30. The summed E-state index contributed by atoms with van der Waals surface area (Å²) < 4.78 is 11.1. The van der Waals surface area contributed by atoms with Crippen molar-refractivity contribution in [1.82, 2.24) is 0 Å². The second-order valence-electron chi connectivity index (χ2n) is 4.82. The van der Waals surface area contributed by atoms with Crippen LogP contribution < -0.4 is 9.47 Å². The van der Waals surface area contributed by atoms with Crippen LogP contribution >= 0.6 is 11.6 Å². The molecule has 0 bridgehead atoms. The molecule has 0 aromatic heterocycles. The highest BCUT2D eigenvalue weighted by Crippen LogP contribution is 2.43. The van der Waals surface area contributed by atoms with Gasteiger partial charge in [-0.25, -0.2) is 0 Å². The lowest BCUT2D eigenvalue weighted by atomic mass is 9.79. The fraction of sp³-hybridized carbons (Fsp3) is 0.600. The molecule has 1 saturated carbocycles. The van der Waals surface area contributed by atoms with Crippen LogP contribution in [0.15, 0.2) is 12.1 Å². The Morgan fingerprint density at radius 1 is 1.21 bits per heavy atom. The van der Waals surface area contributed by atoms with E-state index in [1.165, 1.54) is 6.42 Å². The topological polar surface area (TPSA) is 38.7 Å². The third kappa shape index (κ3) is 3.15. The second-order valence-corrected chi connectivity index (χ2v) is 5.23. The fourth-order valence-electron chi connectivity index (χ4n) is 2.32. The van der Waals surface area contributed by atoms with E-state index in [1.54, 1.807) is 6.07 Å². The summed E-state index contributed by atoms with van der Waals surface area (Å²) in [6.45, 7) is 4.95. The summed E-state index contributed by atoms with van der Waals surface area (Å²) in [6.07, 6.45) is 2.81. The summed E-state index contributed by atoms with van der Waals surface area (Å²) in [6, 6.07) is 3.56. The number of hydrogen-bond donors (Lipinski definition) is 1. The molecule has 19 heavy (non-hydrogen) atoms. The van der Waals surface area contributed by atoms with E-state index in [0.717, 1.165) is 18.4 Å². The first kappa shape index (κ1) is 14.5. The lowest BCUT2D eigenvalue weighted by Crippen LogP contribution is -2.20. The molecular formula is C15H21ClO3. The summed E-state index contributed by atoms with van der Waals surface area (Å²) in [7, 11) is 0. The van der Waals surface area contributed by atoms with Crippen molar-refractivity contribution in [2.45, 2.75) is 39.2 Å². The van der Waals surface area contributed by atoms with Gasteiger partial charge < -0.3 is 14.6 Å². The molecule has 1 aliphatic carbocycles. The van der Waals surface area contributed by atoms with E-state index in [0.29, 0.717) is 35.7 Å². The van der Waals surface area contributed by atoms with Crippen molar-refractivity contribution in [3.63, 3.8) is 0 Å². The molecule has 1 fully saturated rings. The Balaban J connectivity index is 2.29. The van der Waals surface area contributed by atoms with Gasteiger partial charge in [-0.15, -0.1) is 0 Å². The first-order valence-electron chi connectivity index (χ1n) is 6.94. The predicted octanol–water partition coefficient (Wildman–Crippen LogP) is 3.97. The molecule has 0 saturated heterocycles. The molecule has 1 aromatic carbocycles. The van der Waals surface area contributed by atoms with Crippen LogP contribution in [-0.4, -0.2) is 18.3 Å². The Kier molecular flexibility index (Phi) is 4.94. The highest BCUT2D eigenvalue weighted by Gasteiger charge is 2.29. The van der Waals surface area contributed by atoms with Gasteiger partial charge in [0.15, 0.2) is 11.5 Å². The third-order valence-electron chi connectivity index (χ3n) is 3.58. The Hall–Kier alpha value is -0.930. The molecule has 1 N–H and O–H groups in total. The van der Waals surface area contributed by atoms with Crippen LogP contribution in [0.5, 0.6) is 11.5 Å². The molecule has 1 unspecified atom stereocenters. The van der Waals surface area contributed by atoms with E-state index < -0.39 is 6.10 Å². The summed E-state index contributed by atoms with van der Waals surface area (Å²) >= 11 is 6.26. The zero-order valence-electron chi connectivity index (χ0n) is 11.5. The maximum absolute atomic E-state index is 10.4. The lowest BCUT2D eigenvalue weighted by Gasteiger charge is -2.31. The quantitative estimate of drug-likeness (QED) is 0.859. The first-order chi connectivity index (χ1) is 9.17. The molecule has 4 heteroatoms. The van der Waals surface area contributed by atoms with Gasteiger partial charge in [-0.2, -0.15) is 0 Å². The van der Waals surface area contributed by atoms with Crippen LogP contribution in [0.2, 0.25) is 5.02 Å². The second kappa shape index (κ2) is 6.49. The molecular weight excluding hydrogens is 264 g/mol. The van der Waals surface area contributed by atoms with Crippen molar-refractivity contribution in [3.8, 4) is 11.5 Å². The van der Waals surface area contributed by atoms with Crippen LogP contribution in [0.3, 0.4) is 0 Å². The van der Waals surface area contributed by atoms with Crippen LogP contribution in [0.1, 0.15) is 44.8 Å². The number of halogens is 1. The summed E-state index contributed by atoms with van der Waals surface area (Å²) in [5.41, 5.74) is 0.748. The van der Waals surface area contributed by atoms with Gasteiger partial charge >= 0.3 is 0 Å². The lowest BCUT2D eigenvalue weighted by molar-refractivity contribution is 0.0619. The highest BCUT2D eigenvalue weighted by atomic mass is 35.5. The van der Waals surface area contributed by atoms with E-state index in [9.17, 15) is 5.11 Å². The minimum Gasteiger partial charge on any atom is -0.490 e. The van der Waals surface area contributed by atoms with Gasteiger partial charge in [-0.1, -0.05) is 18.0 Å². The van der Waals surface area contributed by atoms with E-state index >= 15 is 0 Å². The van der Waals surface area contributed by atoms with Gasteiger partial charge in [-0.05, 0) is 38.7 Å². The van der Waals surface area contributed by atoms with Crippen LogP contribution in [-0.2, 0) is 0 Å². The van der Waals surface area contributed by atoms with Crippen LogP contribution in [0.4, 0.5) is 0 Å². The smallest absolute Gasteiger partial charge is 0.162 e. The molecule has 1 aromatic rings. The van der Waals surface area contributed by atoms with Crippen molar-refractivity contribution >= 4 is 11.6 Å². The molecule has 0 aliphatic heterocycles. The van der Waals surface area contributed by atoms with Crippen molar-refractivity contribution < 1.29 is 14.6 Å². The number of aliphatic hydroxyl groups excluding tert-OH is 1. The SMILES string of the molecule is CCOc1cc(Cl)c(C(O)C2CCC2)cc1OCC. The molecule has 0 radical (unpaired) electrons. The molecule has 0 heterocycles. The van der Waals surface area contributed by atoms with E-state index in [2.05, 4.69) is 0 Å². The van der Waals surface area contributed by atoms with Crippen LogP contribution in [0, 0.1) is 5.92 Å². The number of rotatable bonds is 6. The standard InChI is InChI=1S/C15H21ClO3/c1-3-18-13-8-11(15(17)10-6-5-7-10)12(16)9-14(13)19-4-2/h8-10,15,17H,3-7H2,1-2H3. The Morgan fingerprint density at radius 3 is 2.26 bits per heavy atom. The Labute approximate surface area is 119 Å². The molecule has 1 atom stereocenters. The Bertz CT molecular complexity index is 430. The van der Waals surface area contributed by atoms with Gasteiger partial charge in [0.25, 0.3) is 0 Å². The summed E-state index contributed by atoms with van der Waals surface area (Å²) in [5, 5.41) is 10.9. The minimum atomic E-state index is -0.504. The van der Waals surface area contributed by atoms with Crippen molar-refractivity contribution in [2.75, 3.05) is 13.2 Å². The number of hydrogen-bond acceptors (Lipinski definition) is 3. The van der Waals surface area contributed by atoms with Gasteiger partial charge in [0, 0.05) is 11.6 Å². The molecule has 2 rings (SSSR count). The molecule has 1 aliphatic rings. The van der Waals surface area contributed by atoms with E-state index in [1.807, 2.05) is 19.9 Å². The number of benzene rings is 1. The summed E-state index contributed by atoms with van der Waals surface area (Å²) in [4.78, 5) is 0. The largest absolute Gasteiger partial charge is 0.490 e. The summed E-state index contributed by atoms with van der Waals surface area (Å²) in [5.74, 6) is 1.62. The van der Waals surface area contributed by atoms with Crippen molar-refractivity contribution in [3.05, 3.63) is 22.7 Å². The number of ether oxygens (including phenoxy) is 2. The van der Waals surface area contributed by atoms with Gasteiger partial charge in [0.1, 0.15) is 0 Å². The molecule has 0 spiro atoms. The maximum atomic E-state index is 10.4. The fourth-order valence-corrected chi connectivity index (χ4v) is 2.59. The molecule has 106 valence electrons. The van der Waals surface area contributed by atoms with Gasteiger partial charge in [-0.3, -0.25) is 0 Å². The first-order valence-corrected chi connectivity index (χ1v) is 7.32. The van der Waals surface area contributed by atoms with Gasteiger partial charge in [0.2, 0.25) is 0 Å². The van der Waals surface area contributed by atoms with Gasteiger partial charge in [0.05, 0.1) is 24.3 Å². The maximum Gasteiger partial charge on any atom is 0.162 e. The van der Waals surface area contributed by atoms with E-state index in [4.69, 9.17) is 21.1 Å². The van der Waals surface area contributed by atoms with E-state index in [-0.39, 0.29) is 0 Å². The monoisotopic (exact) mass is 284 g/mol. The van der Waals surface area contributed by atoms with Crippen molar-refractivity contribution in [2.24, 2.45) is 5.92 Å². The third-order valence-corrected chi connectivity index (χ3v) is 3.91. The van der Waals surface area contributed by atoms with Crippen LogP contribution in [0.25, 0.3) is 0 Å². The minimum absolute atomic E-state index is 0.324. The number of aliphatic hydroxyl groups is 1. The predicted molar refractivity (Wildman–Crippen MR) is 76.1 cm³/mol. The Morgan fingerprint density at radius 2 is 1.79 bits per heavy atom. The highest BCUT2D eigenvalue weighted by molar-refractivity contribution is 6.31. The zero-order chi connectivity index (χ0) is 13.8. The molecule has 3 nitrogen and oxygen atoms in total. The zero-order valence-corrected chi connectivity index (χ0v) is 12.2. The molecule has 0 amide bonds. The van der Waals surface area contributed by atoms with Crippen molar-refractivity contribution in [1.29, 1.82) is 0 Å².